The van der Waals surface area contributed by atoms with Gasteiger partial charge in [-0.15, -0.1) is 11.3 Å². The molecule has 0 saturated carbocycles. The van der Waals surface area contributed by atoms with Crippen LogP contribution in [0.15, 0.2) is 29.6 Å². The van der Waals surface area contributed by atoms with E-state index in [1.165, 1.54) is 29.5 Å². The Balaban J connectivity index is 2.31. The Labute approximate surface area is 125 Å². The normalized spacial score (nSPS) is 10.3. The third-order valence-electron chi connectivity index (χ3n) is 2.83. The predicted octanol–water partition coefficient (Wildman–Crippen LogP) is 3.34. The van der Waals surface area contributed by atoms with E-state index in [0.29, 0.717) is 16.1 Å². The second-order valence-corrected chi connectivity index (χ2v) is 5.49. The zero-order valence-corrected chi connectivity index (χ0v) is 12.4. The number of halogens is 1. The number of aryl methyl sites for hydroxylation is 1. The molecule has 0 spiro atoms. The van der Waals surface area contributed by atoms with Crippen molar-refractivity contribution in [1.29, 1.82) is 0 Å². The number of hydrogen-bond donors (Lipinski definition) is 2. The van der Waals surface area contributed by atoms with E-state index in [-0.39, 0.29) is 10.9 Å². The molecule has 2 rings (SSSR count). The van der Waals surface area contributed by atoms with Crippen molar-refractivity contribution in [2.24, 2.45) is 5.73 Å². The first-order valence-corrected chi connectivity index (χ1v) is 7.28. The van der Waals surface area contributed by atoms with E-state index in [1.807, 2.05) is 18.4 Å². The molecule has 104 valence electrons. The van der Waals surface area contributed by atoms with Crippen LogP contribution in [-0.4, -0.2) is 10.9 Å². The second kappa shape index (κ2) is 6.11. The summed E-state index contributed by atoms with van der Waals surface area (Å²) in [7, 11) is 0. The van der Waals surface area contributed by atoms with Gasteiger partial charge >= 0.3 is 0 Å². The van der Waals surface area contributed by atoms with Crippen LogP contribution in [0.25, 0.3) is 0 Å². The molecule has 1 aromatic heterocycles. The largest absolute Gasteiger partial charge is 0.389 e. The third-order valence-corrected chi connectivity index (χ3v) is 4.00. The molecule has 0 aliphatic carbocycles. The zero-order chi connectivity index (χ0) is 14.7. The molecule has 2 aromatic rings. The number of anilines is 1. The second-order valence-electron chi connectivity index (χ2n) is 4.14. The SMILES string of the molecule is CCc1ccsc1C(=O)Nc1ccc(F)cc1C(N)=S. The average Bonchev–Trinajstić information content (AvgIpc) is 2.89. The molecule has 0 saturated heterocycles. The highest BCUT2D eigenvalue weighted by molar-refractivity contribution is 7.80. The summed E-state index contributed by atoms with van der Waals surface area (Å²) in [6.45, 7) is 1.98. The predicted molar refractivity (Wildman–Crippen MR) is 83.9 cm³/mol. The minimum atomic E-state index is -0.448. The molecule has 1 aromatic carbocycles. The molecule has 3 nitrogen and oxygen atoms in total. The Morgan fingerprint density at radius 3 is 2.85 bits per heavy atom. The monoisotopic (exact) mass is 308 g/mol. The maximum atomic E-state index is 13.2. The lowest BCUT2D eigenvalue weighted by molar-refractivity contribution is 0.103. The van der Waals surface area contributed by atoms with Gasteiger partial charge in [0.25, 0.3) is 5.91 Å². The minimum absolute atomic E-state index is 0.0432. The van der Waals surface area contributed by atoms with Crippen LogP contribution >= 0.6 is 23.6 Å². The maximum Gasteiger partial charge on any atom is 0.266 e. The molecule has 6 heteroatoms. The topological polar surface area (TPSA) is 55.1 Å². The van der Waals surface area contributed by atoms with Crippen LogP contribution in [0, 0.1) is 5.82 Å². The Bertz CT molecular complexity index is 667. The van der Waals surface area contributed by atoms with Gasteiger partial charge in [-0.1, -0.05) is 19.1 Å². The summed E-state index contributed by atoms with van der Waals surface area (Å²) in [5.74, 6) is -0.683. The molecule has 0 aliphatic rings. The highest BCUT2D eigenvalue weighted by Crippen LogP contribution is 2.22. The number of carbonyl (C=O) groups excluding carboxylic acids is 1. The van der Waals surface area contributed by atoms with Crippen molar-refractivity contribution < 1.29 is 9.18 Å². The molecule has 0 aliphatic heterocycles. The van der Waals surface area contributed by atoms with E-state index >= 15 is 0 Å². The molecule has 0 unspecified atom stereocenters. The third kappa shape index (κ3) is 3.02. The lowest BCUT2D eigenvalue weighted by Gasteiger charge is -2.10. The molecule has 1 heterocycles. The fraction of sp³-hybridized carbons (Fsp3) is 0.143. The molecule has 0 atom stereocenters. The standard InChI is InChI=1S/C14H13FN2OS2/c1-2-8-5-6-20-12(8)14(18)17-11-4-3-9(15)7-10(11)13(16)19/h3-7H,2H2,1H3,(H2,16,19)(H,17,18). The number of hydrogen-bond acceptors (Lipinski definition) is 3. The minimum Gasteiger partial charge on any atom is -0.389 e. The summed E-state index contributed by atoms with van der Waals surface area (Å²) in [6, 6.07) is 5.85. The molecular weight excluding hydrogens is 295 g/mol. The van der Waals surface area contributed by atoms with Crippen molar-refractivity contribution in [3.05, 3.63) is 51.5 Å². The van der Waals surface area contributed by atoms with Gasteiger partial charge < -0.3 is 11.1 Å². The van der Waals surface area contributed by atoms with Crippen molar-refractivity contribution in [3.63, 3.8) is 0 Å². The van der Waals surface area contributed by atoms with E-state index in [1.54, 1.807) is 0 Å². The molecule has 1 amide bonds. The molecule has 0 bridgehead atoms. The first-order valence-electron chi connectivity index (χ1n) is 6.00. The molecule has 0 fully saturated rings. The van der Waals surface area contributed by atoms with Crippen LogP contribution in [0.1, 0.15) is 27.7 Å². The fourth-order valence-electron chi connectivity index (χ4n) is 1.82. The Morgan fingerprint density at radius 2 is 2.20 bits per heavy atom. The van der Waals surface area contributed by atoms with Gasteiger partial charge in [0.05, 0.1) is 10.6 Å². The average molecular weight is 308 g/mol. The number of thiophene rings is 1. The van der Waals surface area contributed by atoms with Gasteiger partial charge in [-0.05, 0) is 41.6 Å². The van der Waals surface area contributed by atoms with Crippen LogP contribution in [0.2, 0.25) is 0 Å². The number of nitrogens with two attached hydrogens (primary N) is 1. The van der Waals surface area contributed by atoms with E-state index in [2.05, 4.69) is 5.32 Å². The van der Waals surface area contributed by atoms with Crippen molar-refractivity contribution in [2.45, 2.75) is 13.3 Å². The van der Waals surface area contributed by atoms with Gasteiger partial charge in [-0.2, -0.15) is 0 Å². The molecule has 0 radical (unpaired) electrons. The van der Waals surface area contributed by atoms with Gasteiger partial charge in [0.2, 0.25) is 0 Å². The molecular formula is C14H13FN2OS2. The fourth-order valence-corrected chi connectivity index (χ4v) is 2.88. The first-order chi connectivity index (χ1) is 9.52. The van der Waals surface area contributed by atoms with Crippen LogP contribution in [0.3, 0.4) is 0 Å². The number of benzene rings is 1. The van der Waals surface area contributed by atoms with Gasteiger partial charge in [-0.25, -0.2) is 4.39 Å². The molecule has 20 heavy (non-hydrogen) atoms. The smallest absolute Gasteiger partial charge is 0.266 e. The van der Waals surface area contributed by atoms with Gasteiger partial charge in [-0.3, -0.25) is 4.79 Å². The van der Waals surface area contributed by atoms with E-state index < -0.39 is 5.82 Å². The lowest BCUT2D eigenvalue weighted by atomic mass is 10.1. The first kappa shape index (κ1) is 14.6. The van der Waals surface area contributed by atoms with Crippen LogP contribution in [0.5, 0.6) is 0 Å². The van der Waals surface area contributed by atoms with E-state index in [4.69, 9.17) is 18.0 Å². The quantitative estimate of drug-likeness (QED) is 0.852. The highest BCUT2D eigenvalue weighted by Gasteiger charge is 2.15. The summed E-state index contributed by atoms with van der Waals surface area (Å²) in [4.78, 5) is 12.9. The van der Waals surface area contributed by atoms with Gasteiger partial charge in [0.1, 0.15) is 10.8 Å². The Hall–Kier alpha value is -1.79. The Kier molecular flexibility index (Phi) is 4.46. The number of rotatable bonds is 4. The van der Waals surface area contributed by atoms with Crippen molar-refractivity contribution >= 4 is 40.1 Å². The molecule has 3 N–H and O–H groups in total. The van der Waals surface area contributed by atoms with Crippen molar-refractivity contribution in [2.75, 3.05) is 5.32 Å². The maximum absolute atomic E-state index is 13.2. The van der Waals surface area contributed by atoms with Gasteiger partial charge in [0.15, 0.2) is 0 Å². The van der Waals surface area contributed by atoms with E-state index in [0.717, 1.165) is 12.0 Å². The van der Waals surface area contributed by atoms with Crippen LogP contribution < -0.4 is 11.1 Å². The number of amides is 1. The zero-order valence-electron chi connectivity index (χ0n) is 10.8. The number of nitrogens with one attached hydrogen (secondary N) is 1. The Morgan fingerprint density at radius 1 is 1.45 bits per heavy atom. The number of thiocarbonyl (C=S) groups is 1. The summed E-state index contributed by atoms with van der Waals surface area (Å²) < 4.78 is 13.2. The summed E-state index contributed by atoms with van der Waals surface area (Å²) in [5.41, 5.74) is 7.27. The summed E-state index contributed by atoms with van der Waals surface area (Å²) in [5, 5.41) is 4.60. The van der Waals surface area contributed by atoms with Crippen molar-refractivity contribution in [3.8, 4) is 0 Å². The van der Waals surface area contributed by atoms with Crippen LogP contribution in [-0.2, 0) is 6.42 Å². The van der Waals surface area contributed by atoms with E-state index in [9.17, 15) is 9.18 Å². The lowest BCUT2D eigenvalue weighted by Crippen LogP contribution is -2.18. The summed E-state index contributed by atoms with van der Waals surface area (Å²) in [6.07, 6.45) is 0.776. The van der Waals surface area contributed by atoms with Gasteiger partial charge in [0, 0.05) is 5.56 Å². The highest BCUT2D eigenvalue weighted by atomic mass is 32.1. The van der Waals surface area contributed by atoms with Crippen molar-refractivity contribution in [1.82, 2.24) is 0 Å². The van der Waals surface area contributed by atoms with Crippen LogP contribution in [0.4, 0.5) is 10.1 Å². The number of carbonyl (C=O) groups is 1. The summed E-state index contributed by atoms with van der Waals surface area (Å²) >= 11 is 6.24.